The number of ether oxygens (including phenoxy) is 5. The van der Waals surface area contributed by atoms with E-state index in [4.69, 9.17) is 23.7 Å². The van der Waals surface area contributed by atoms with Gasteiger partial charge in [-0.2, -0.15) is 0 Å². The van der Waals surface area contributed by atoms with E-state index in [0.29, 0.717) is 6.61 Å². The van der Waals surface area contributed by atoms with Crippen molar-refractivity contribution in [1.82, 2.24) is 0 Å². The quantitative estimate of drug-likeness (QED) is 0.738. The van der Waals surface area contributed by atoms with Crippen LogP contribution in [0.2, 0.25) is 0 Å². The minimum Gasteiger partial charge on any atom is -0.466 e. The van der Waals surface area contributed by atoms with Gasteiger partial charge in [-0.25, -0.2) is 0 Å². The lowest BCUT2D eigenvalue weighted by Gasteiger charge is -2.26. The van der Waals surface area contributed by atoms with Crippen LogP contribution in [-0.4, -0.2) is 48.6 Å². The first-order chi connectivity index (χ1) is 9.72. The number of carbonyl (C=O) groups is 1. The second-order valence-electron chi connectivity index (χ2n) is 6.80. The molecule has 3 fully saturated rings. The summed E-state index contributed by atoms with van der Waals surface area (Å²) in [6.45, 7) is 9.69. The fourth-order valence-corrected chi connectivity index (χ4v) is 3.64. The first-order valence-electron chi connectivity index (χ1n) is 7.59. The lowest BCUT2D eigenvalue weighted by Crippen LogP contribution is -2.35. The summed E-state index contributed by atoms with van der Waals surface area (Å²) >= 11 is 0. The van der Waals surface area contributed by atoms with Gasteiger partial charge in [0.25, 0.3) is 0 Å². The van der Waals surface area contributed by atoms with Crippen LogP contribution in [-0.2, 0) is 28.5 Å². The predicted octanol–water partition coefficient (Wildman–Crippen LogP) is 1.61. The van der Waals surface area contributed by atoms with Crippen molar-refractivity contribution in [1.29, 1.82) is 0 Å². The highest BCUT2D eigenvalue weighted by atomic mass is 16.8. The second-order valence-corrected chi connectivity index (χ2v) is 6.80. The molecular weight excluding hydrogens is 276 g/mol. The fourth-order valence-electron chi connectivity index (χ4n) is 3.64. The molecule has 0 spiro atoms. The first kappa shape index (κ1) is 15.2. The Hall–Kier alpha value is -0.690. The van der Waals surface area contributed by atoms with Gasteiger partial charge in [0.1, 0.15) is 12.2 Å². The maximum Gasteiger partial charge on any atom is 0.306 e. The van der Waals surface area contributed by atoms with Crippen LogP contribution in [0.15, 0.2) is 0 Å². The normalized spacial score (nSPS) is 42.6. The topological polar surface area (TPSA) is 63.2 Å². The van der Waals surface area contributed by atoms with E-state index in [1.165, 1.54) is 0 Å². The van der Waals surface area contributed by atoms with Gasteiger partial charge in [0.05, 0.1) is 25.2 Å². The van der Waals surface area contributed by atoms with Gasteiger partial charge in [0, 0.05) is 5.92 Å². The summed E-state index contributed by atoms with van der Waals surface area (Å²) < 4.78 is 29.0. The number of hydrogen-bond acceptors (Lipinski definition) is 6. The van der Waals surface area contributed by atoms with Gasteiger partial charge >= 0.3 is 5.97 Å². The zero-order chi connectivity index (χ0) is 15.4. The van der Waals surface area contributed by atoms with E-state index in [1.807, 2.05) is 27.7 Å². The summed E-state index contributed by atoms with van der Waals surface area (Å²) in [6.07, 6.45) is -0.543. The van der Waals surface area contributed by atoms with Crippen molar-refractivity contribution in [3.05, 3.63) is 0 Å². The van der Waals surface area contributed by atoms with Crippen molar-refractivity contribution < 1.29 is 28.5 Å². The Morgan fingerprint density at radius 3 is 1.76 bits per heavy atom. The van der Waals surface area contributed by atoms with Crippen LogP contribution in [0.25, 0.3) is 0 Å². The Labute approximate surface area is 125 Å². The van der Waals surface area contributed by atoms with Gasteiger partial charge in [0.2, 0.25) is 0 Å². The third-order valence-electron chi connectivity index (χ3n) is 4.20. The van der Waals surface area contributed by atoms with Gasteiger partial charge in [-0.15, -0.1) is 0 Å². The van der Waals surface area contributed by atoms with E-state index in [0.717, 1.165) is 0 Å². The van der Waals surface area contributed by atoms with Gasteiger partial charge in [-0.3, -0.25) is 4.79 Å². The van der Waals surface area contributed by atoms with E-state index in [1.54, 1.807) is 6.92 Å². The minimum atomic E-state index is -0.663. The number of hydrogen-bond donors (Lipinski definition) is 0. The molecule has 0 N–H and O–H groups in total. The molecular formula is C15H24O6. The molecule has 120 valence electrons. The van der Waals surface area contributed by atoms with Crippen molar-refractivity contribution in [2.45, 2.75) is 77.0 Å². The molecule has 2 heterocycles. The maximum atomic E-state index is 11.9. The predicted molar refractivity (Wildman–Crippen MR) is 72.4 cm³/mol. The van der Waals surface area contributed by atoms with Crippen LogP contribution in [0.5, 0.6) is 0 Å². The molecule has 6 nitrogen and oxygen atoms in total. The summed E-state index contributed by atoms with van der Waals surface area (Å²) in [5.41, 5.74) is 0. The molecule has 3 rings (SSSR count). The van der Waals surface area contributed by atoms with Crippen LogP contribution in [0, 0.1) is 5.92 Å². The smallest absolute Gasteiger partial charge is 0.306 e. The molecule has 1 saturated carbocycles. The third-order valence-corrected chi connectivity index (χ3v) is 4.20. The van der Waals surface area contributed by atoms with E-state index in [-0.39, 0.29) is 42.7 Å². The highest BCUT2D eigenvalue weighted by Crippen LogP contribution is 2.50. The van der Waals surface area contributed by atoms with Gasteiger partial charge in [-0.1, -0.05) is 0 Å². The largest absolute Gasteiger partial charge is 0.466 e. The van der Waals surface area contributed by atoms with Crippen molar-refractivity contribution in [3.8, 4) is 0 Å². The van der Waals surface area contributed by atoms with Crippen molar-refractivity contribution in [3.63, 3.8) is 0 Å². The summed E-state index contributed by atoms with van der Waals surface area (Å²) in [6, 6.07) is 0. The summed E-state index contributed by atoms with van der Waals surface area (Å²) in [7, 11) is 0. The molecule has 6 heteroatoms. The molecule has 0 bridgehead atoms. The highest BCUT2D eigenvalue weighted by Gasteiger charge is 2.64. The number of rotatable bonds is 3. The molecule has 1 aliphatic carbocycles. The lowest BCUT2D eigenvalue weighted by molar-refractivity contribution is -0.174. The molecule has 0 aromatic carbocycles. The Kier molecular flexibility index (Phi) is 3.56. The van der Waals surface area contributed by atoms with Crippen LogP contribution < -0.4 is 0 Å². The average molecular weight is 300 g/mol. The molecule has 21 heavy (non-hydrogen) atoms. The van der Waals surface area contributed by atoms with Crippen molar-refractivity contribution in [2.24, 2.45) is 5.92 Å². The fraction of sp³-hybridized carbons (Fsp3) is 0.933. The summed E-state index contributed by atoms with van der Waals surface area (Å²) in [5.74, 6) is -1.67. The third kappa shape index (κ3) is 2.70. The van der Waals surface area contributed by atoms with E-state index >= 15 is 0 Å². The van der Waals surface area contributed by atoms with Crippen LogP contribution in [0.4, 0.5) is 0 Å². The van der Waals surface area contributed by atoms with E-state index < -0.39 is 11.6 Å². The van der Waals surface area contributed by atoms with E-state index in [2.05, 4.69) is 0 Å². The lowest BCUT2D eigenvalue weighted by atomic mass is 9.99. The standard InChI is InChI=1S/C15H24O6/c1-6-17-9(16)7-8-10-12(20-14(2,3)18-10)13-11(8)19-15(4,5)21-13/h8,10-13H,6-7H2,1-5H3/t10-,11-,12-,13-/m1/s1. The number of fused-ring (bicyclic) bond motifs is 3. The molecule has 2 saturated heterocycles. The highest BCUT2D eigenvalue weighted by molar-refractivity contribution is 5.70. The maximum absolute atomic E-state index is 11.9. The molecule has 0 unspecified atom stereocenters. The molecule has 0 amide bonds. The molecule has 0 aromatic heterocycles. The molecule has 4 atom stereocenters. The Morgan fingerprint density at radius 2 is 1.33 bits per heavy atom. The molecule has 2 aliphatic heterocycles. The van der Waals surface area contributed by atoms with Gasteiger partial charge in [-0.05, 0) is 34.6 Å². The zero-order valence-corrected chi connectivity index (χ0v) is 13.3. The molecule has 0 aromatic rings. The van der Waals surface area contributed by atoms with Crippen molar-refractivity contribution in [2.75, 3.05) is 6.61 Å². The van der Waals surface area contributed by atoms with Gasteiger partial charge in [0.15, 0.2) is 11.6 Å². The first-order valence-corrected chi connectivity index (χ1v) is 7.59. The second kappa shape index (κ2) is 4.91. The Bertz CT molecular complexity index is 402. The Morgan fingerprint density at radius 1 is 0.905 bits per heavy atom. The van der Waals surface area contributed by atoms with Crippen LogP contribution >= 0.6 is 0 Å². The summed E-state index contributed by atoms with van der Waals surface area (Å²) in [5, 5.41) is 0. The minimum absolute atomic E-state index is 0.109. The van der Waals surface area contributed by atoms with Crippen LogP contribution in [0.3, 0.4) is 0 Å². The monoisotopic (exact) mass is 300 g/mol. The average Bonchev–Trinajstić information content (AvgIpc) is 2.89. The SMILES string of the molecule is CCOC(=O)CC1[C@H]2OC(C)(C)O[C@H]2[C@@H]2OC(C)(C)O[C@H]12. The van der Waals surface area contributed by atoms with E-state index in [9.17, 15) is 4.79 Å². The summed E-state index contributed by atoms with van der Waals surface area (Å²) in [4.78, 5) is 11.9. The van der Waals surface area contributed by atoms with Crippen molar-refractivity contribution >= 4 is 5.97 Å². The molecule has 3 aliphatic rings. The Balaban J connectivity index is 1.81. The van der Waals surface area contributed by atoms with Crippen LogP contribution in [0.1, 0.15) is 41.0 Å². The van der Waals surface area contributed by atoms with Gasteiger partial charge < -0.3 is 23.7 Å². The zero-order valence-electron chi connectivity index (χ0n) is 13.3. The number of esters is 1. The number of carbonyl (C=O) groups excluding carboxylic acids is 1. The molecule has 0 radical (unpaired) electrons.